The number of halogens is 2. The first-order valence-corrected chi connectivity index (χ1v) is 12.8. The summed E-state index contributed by atoms with van der Waals surface area (Å²) in [5.74, 6) is -0.295. The molecule has 2 aliphatic rings. The smallest absolute Gasteiger partial charge is 0.257 e. The maximum atomic E-state index is 13.1. The number of rotatable bonds is 4. The van der Waals surface area contributed by atoms with E-state index in [9.17, 15) is 13.2 Å². The second kappa shape index (κ2) is 8.88. The van der Waals surface area contributed by atoms with Gasteiger partial charge in [-0.1, -0.05) is 23.2 Å². The first-order valence-electron chi connectivity index (χ1n) is 10.4. The topological polar surface area (TPSA) is 69.7 Å². The number of amides is 1. The number of sulfonamides is 1. The Hall–Kier alpha value is -1.96. The molecule has 0 radical (unpaired) electrons. The number of benzene rings is 2. The van der Waals surface area contributed by atoms with Crippen LogP contribution in [0.15, 0.2) is 30.3 Å². The molecule has 2 saturated heterocycles. The molecule has 2 aliphatic heterocycles. The Morgan fingerprint density at radius 2 is 1.68 bits per heavy atom. The molecule has 0 aromatic heterocycles. The molecule has 0 aliphatic carbocycles. The summed E-state index contributed by atoms with van der Waals surface area (Å²) in [4.78, 5) is 15.4. The van der Waals surface area contributed by atoms with E-state index in [0.29, 0.717) is 39.9 Å². The lowest BCUT2D eigenvalue weighted by atomic mass is 10.1. The van der Waals surface area contributed by atoms with Gasteiger partial charge in [0.25, 0.3) is 5.91 Å². The van der Waals surface area contributed by atoms with Crippen molar-refractivity contribution in [3.63, 3.8) is 0 Å². The fraction of sp³-hybridized carbons (Fsp3) is 0.409. The fourth-order valence-corrected chi connectivity index (χ4v) is 6.14. The van der Waals surface area contributed by atoms with Crippen LogP contribution in [0.25, 0.3) is 0 Å². The van der Waals surface area contributed by atoms with Crippen molar-refractivity contribution in [2.24, 2.45) is 0 Å². The highest BCUT2D eigenvalue weighted by Gasteiger charge is 2.30. The first kappa shape index (κ1) is 22.2. The lowest BCUT2D eigenvalue weighted by molar-refractivity contribution is 0.102. The van der Waals surface area contributed by atoms with E-state index in [1.807, 2.05) is 12.1 Å². The van der Waals surface area contributed by atoms with Crippen molar-refractivity contribution >= 4 is 56.2 Å². The van der Waals surface area contributed by atoms with Crippen molar-refractivity contribution in [3.8, 4) is 0 Å². The number of nitrogens with zero attached hydrogens (tertiary/aromatic N) is 2. The van der Waals surface area contributed by atoms with Gasteiger partial charge < -0.3 is 10.2 Å². The van der Waals surface area contributed by atoms with Crippen molar-refractivity contribution in [3.05, 3.63) is 51.5 Å². The molecule has 0 atom stereocenters. The van der Waals surface area contributed by atoms with Gasteiger partial charge in [-0.2, -0.15) is 0 Å². The molecule has 9 heteroatoms. The van der Waals surface area contributed by atoms with Gasteiger partial charge in [-0.15, -0.1) is 0 Å². The molecule has 1 amide bonds. The molecular weight excluding hydrogens is 457 g/mol. The lowest BCUT2D eigenvalue weighted by Crippen LogP contribution is -2.29. The summed E-state index contributed by atoms with van der Waals surface area (Å²) in [5, 5.41) is 3.72. The van der Waals surface area contributed by atoms with Gasteiger partial charge in [0.15, 0.2) is 0 Å². The molecule has 0 bridgehead atoms. The number of aryl methyl sites for hydroxylation is 1. The number of hydrogen-bond acceptors (Lipinski definition) is 4. The normalized spacial score (nSPS) is 18.3. The maximum Gasteiger partial charge on any atom is 0.257 e. The summed E-state index contributed by atoms with van der Waals surface area (Å²) in [6, 6.07) is 8.76. The van der Waals surface area contributed by atoms with Crippen LogP contribution in [0.4, 0.5) is 17.1 Å². The van der Waals surface area contributed by atoms with Crippen LogP contribution in [0.2, 0.25) is 10.0 Å². The Bertz CT molecular complexity index is 1120. The van der Waals surface area contributed by atoms with Crippen LogP contribution >= 0.6 is 23.2 Å². The number of hydrogen-bond donors (Lipinski definition) is 1. The highest BCUT2D eigenvalue weighted by Crippen LogP contribution is 2.33. The zero-order valence-electron chi connectivity index (χ0n) is 17.3. The summed E-state index contributed by atoms with van der Waals surface area (Å²) in [5.41, 5.74) is 2.89. The Labute approximate surface area is 193 Å². The van der Waals surface area contributed by atoms with Crippen molar-refractivity contribution in [1.82, 2.24) is 0 Å². The number of nitrogens with one attached hydrogen (secondary N) is 1. The zero-order valence-corrected chi connectivity index (χ0v) is 19.7. The van der Waals surface area contributed by atoms with Gasteiger partial charge in [-0.05, 0) is 68.5 Å². The summed E-state index contributed by atoms with van der Waals surface area (Å²) in [6.07, 6.45) is 4.06. The maximum absolute atomic E-state index is 13.1. The third kappa shape index (κ3) is 4.78. The Kier molecular flexibility index (Phi) is 6.37. The van der Waals surface area contributed by atoms with Crippen LogP contribution in [0, 0.1) is 6.92 Å². The first-order chi connectivity index (χ1) is 14.7. The summed E-state index contributed by atoms with van der Waals surface area (Å²) >= 11 is 12.7. The van der Waals surface area contributed by atoms with E-state index in [4.69, 9.17) is 23.2 Å². The molecule has 6 nitrogen and oxygen atoms in total. The van der Waals surface area contributed by atoms with Crippen LogP contribution < -0.4 is 14.5 Å². The molecule has 31 heavy (non-hydrogen) atoms. The van der Waals surface area contributed by atoms with Gasteiger partial charge in [0.2, 0.25) is 10.0 Å². The third-order valence-electron chi connectivity index (χ3n) is 5.73. The van der Waals surface area contributed by atoms with Crippen molar-refractivity contribution < 1.29 is 13.2 Å². The predicted octanol–water partition coefficient (Wildman–Crippen LogP) is 5.08. The van der Waals surface area contributed by atoms with Gasteiger partial charge in [-0.25, -0.2) is 8.42 Å². The van der Waals surface area contributed by atoms with Crippen molar-refractivity contribution in [2.45, 2.75) is 32.6 Å². The van der Waals surface area contributed by atoms with Crippen LogP contribution in [-0.4, -0.2) is 39.7 Å². The average Bonchev–Trinajstić information content (AvgIpc) is 3.09. The van der Waals surface area contributed by atoms with Gasteiger partial charge in [0.05, 0.1) is 22.0 Å². The Balaban J connectivity index is 1.62. The average molecular weight is 482 g/mol. The molecule has 2 fully saturated rings. The lowest BCUT2D eigenvalue weighted by Gasteiger charge is -2.29. The zero-order chi connectivity index (χ0) is 22.2. The van der Waals surface area contributed by atoms with Crippen molar-refractivity contribution in [2.75, 3.05) is 39.9 Å². The van der Waals surface area contributed by atoms with E-state index in [1.54, 1.807) is 25.1 Å². The number of anilines is 3. The van der Waals surface area contributed by atoms with E-state index in [2.05, 4.69) is 10.2 Å². The third-order valence-corrected chi connectivity index (χ3v) is 8.32. The predicted molar refractivity (Wildman–Crippen MR) is 127 cm³/mol. The molecule has 0 unspecified atom stereocenters. The summed E-state index contributed by atoms with van der Waals surface area (Å²) in [7, 11) is -3.36. The number of piperidine rings is 1. The summed E-state index contributed by atoms with van der Waals surface area (Å²) < 4.78 is 26.0. The molecule has 0 saturated carbocycles. The van der Waals surface area contributed by atoms with E-state index < -0.39 is 15.9 Å². The minimum Gasteiger partial charge on any atom is -0.371 e. The van der Waals surface area contributed by atoms with E-state index in [1.165, 1.54) is 10.7 Å². The van der Waals surface area contributed by atoms with E-state index in [0.717, 1.165) is 31.6 Å². The van der Waals surface area contributed by atoms with Crippen LogP contribution in [0.3, 0.4) is 0 Å². The minimum absolute atomic E-state index is 0.109. The molecule has 0 spiro atoms. The van der Waals surface area contributed by atoms with Crippen molar-refractivity contribution in [1.29, 1.82) is 0 Å². The molecule has 2 aromatic carbocycles. The van der Waals surface area contributed by atoms with Crippen LogP contribution in [0.5, 0.6) is 0 Å². The molecular formula is C22H25Cl2N3O3S. The molecule has 4 rings (SSSR count). The molecule has 2 aromatic rings. The monoisotopic (exact) mass is 481 g/mol. The van der Waals surface area contributed by atoms with Gasteiger partial charge in [0.1, 0.15) is 0 Å². The van der Waals surface area contributed by atoms with E-state index in [-0.39, 0.29) is 11.3 Å². The highest BCUT2D eigenvalue weighted by molar-refractivity contribution is 7.93. The fourth-order valence-electron chi connectivity index (χ4n) is 4.17. The highest BCUT2D eigenvalue weighted by atomic mass is 35.5. The Morgan fingerprint density at radius 1 is 0.935 bits per heavy atom. The number of carbonyl (C=O) groups excluding carboxylic acids is 1. The quantitative estimate of drug-likeness (QED) is 0.660. The standard InChI is InChI=1S/C22H25Cl2N3O3S/c1-15-10-19(27-8-5-9-31(27,29)30)14-20(21(15)24)22(28)25-17-11-16(23)12-18(13-17)26-6-3-2-4-7-26/h10-14H,2-9H2,1H3,(H,25,28). The second-order valence-corrected chi connectivity index (χ2v) is 10.9. The molecule has 1 N–H and O–H groups in total. The van der Waals surface area contributed by atoms with Gasteiger partial charge >= 0.3 is 0 Å². The second-order valence-electron chi connectivity index (χ2n) is 8.07. The molecule has 2 heterocycles. The SMILES string of the molecule is Cc1cc(N2CCCS2(=O)=O)cc(C(=O)Nc2cc(Cl)cc(N3CCCCC3)c2)c1Cl. The Morgan fingerprint density at radius 3 is 2.35 bits per heavy atom. The summed E-state index contributed by atoms with van der Waals surface area (Å²) in [6.45, 7) is 4.09. The number of carbonyl (C=O) groups is 1. The van der Waals surface area contributed by atoms with Crippen LogP contribution in [0.1, 0.15) is 41.6 Å². The minimum atomic E-state index is -3.36. The largest absolute Gasteiger partial charge is 0.371 e. The molecule has 166 valence electrons. The van der Waals surface area contributed by atoms with Gasteiger partial charge in [-0.3, -0.25) is 9.10 Å². The van der Waals surface area contributed by atoms with E-state index >= 15 is 0 Å². The van der Waals surface area contributed by atoms with Crippen LogP contribution in [-0.2, 0) is 10.0 Å². The van der Waals surface area contributed by atoms with Gasteiger partial charge in [0, 0.05) is 36.0 Å².